The third-order valence-electron chi connectivity index (χ3n) is 8.53. The molecule has 0 saturated carbocycles. The van der Waals surface area contributed by atoms with Gasteiger partial charge in [-0.1, -0.05) is 91.0 Å². The molecule has 2 unspecified atom stereocenters. The highest BCUT2D eigenvalue weighted by Crippen LogP contribution is 2.67. The van der Waals surface area contributed by atoms with Gasteiger partial charge in [-0.15, -0.1) is 0 Å². The fraction of sp³-hybridized carbons (Fsp3) is 0.182. The third kappa shape index (κ3) is 3.02. The first-order valence-corrected chi connectivity index (χ1v) is 12.9. The second-order valence-electron chi connectivity index (χ2n) is 10.5. The third-order valence-corrected chi connectivity index (χ3v) is 8.53. The van der Waals surface area contributed by atoms with E-state index in [2.05, 4.69) is 24.3 Å². The van der Waals surface area contributed by atoms with Crippen LogP contribution in [0.4, 0.5) is 5.69 Å². The number of carbonyl (C=O) groups excluding carboxylic acids is 3. The summed E-state index contributed by atoms with van der Waals surface area (Å²) in [6.07, 6.45) is 0.0895. The van der Waals surface area contributed by atoms with Crippen LogP contribution in [0, 0.1) is 11.3 Å². The molecule has 4 aromatic carbocycles. The topological polar surface area (TPSA) is 63.7 Å². The number of hydrogen-bond acceptors (Lipinski definition) is 4. The van der Waals surface area contributed by atoms with Gasteiger partial charge in [0.25, 0.3) is 0 Å². The predicted molar refractivity (Wildman–Crippen MR) is 143 cm³/mol. The van der Waals surface area contributed by atoms with Crippen LogP contribution in [0.15, 0.2) is 103 Å². The zero-order valence-electron chi connectivity index (χ0n) is 20.8. The molecule has 1 saturated heterocycles. The van der Waals surface area contributed by atoms with Crippen LogP contribution < -0.4 is 9.64 Å². The maximum Gasteiger partial charge on any atom is 0.315 e. The molecule has 8 rings (SSSR count). The zero-order valence-corrected chi connectivity index (χ0v) is 20.8. The van der Waals surface area contributed by atoms with E-state index in [1.165, 1.54) is 4.90 Å². The number of anilines is 1. The number of ether oxygens (including phenoxy) is 1. The lowest BCUT2D eigenvalue weighted by Gasteiger charge is -2.51. The number of rotatable bonds is 4. The van der Waals surface area contributed by atoms with Crippen LogP contribution >= 0.6 is 0 Å². The summed E-state index contributed by atoms with van der Waals surface area (Å²) >= 11 is 0. The summed E-state index contributed by atoms with van der Waals surface area (Å²) in [5, 5.41) is 0. The lowest BCUT2D eigenvalue weighted by atomic mass is 9.48. The number of para-hydroxylation sites is 2. The Bertz CT molecular complexity index is 1580. The fourth-order valence-corrected chi connectivity index (χ4v) is 6.99. The number of nitrogens with zero attached hydrogens (tertiary/aromatic N) is 1. The van der Waals surface area contributed by atoms with Crippen LogP contribution in [-0.2, 0) is 20.8 Å². The van der Waals surface area contributed by atoms with Gasteiger partial charge in [0.15, 0.2) is 5.75 Å². The van der Waals surface area contributed by atoms with Crippen molar-refractivity contribution >= 4 is 23.5 Å². The fourth-order valence-electron chi connectivity index (χ4n) is 6.99. The van der Waals surface area contributed by atoms with Crippen LogP contribution in [0.3, 0.4) is 0 Å². The van der Waals surface area contributed by atoms with Gasteiger partial charge in [0, 0.05) is 11.8 Å². The average molecular weight is 500 g/mol. The Morgan fingerprint density at radius 1 is 0.763 bits per heavy atom. The second-order valence-corrected chi connectivity index (χ2v) is 10.5. The lowest BCUT2D eigenvalue weighted by Crippen LogP contribution is -2.49. The molecule has 2 bridgehead atoms. The molecule has 186 valence electrons. The second kappa shape index (κ2) is 8.25. The van der Waals surface area contributed by atoms with E-state index < -0.39 is 17.3 Å². The van der Waals surface area contributed by atoms with E-state index in [9.17, 15) is 14.4 Å². The quantitative estimate of drug-likeness (QED) is 0.208. The summed E-state index contributed by atoms with van der Waals surface area (Å²) in [5.41, 5.74) is 4.64. The van der Waals surface area contributed by atoms with E-state index in [1.54, 1.807) is 24.3 Å². The van der Waals surface area contributed by atoms with Crippen LogP contribution in [0.2, 0.25) is 0 Å². The summed E-state index contributed by atoms with van der Waals surface area (Å²) < 4.78 is 5.75. The van der Waals surface area contributed by atoms with Crippen LogP contribution in [0.25, 0.3) is 0 Å². The molecular formula is C33H25NO4. The lowest BCUT2D eigenvalue weighted by molar-refractivity contribution is -0.134. The number of amides is 2. The first-order valence-electron chi connectivity index (χ1n) is 12.9. The van der Waals surface area contributed by atoms with Crippen molar-refractivity contribution in [3.05, 3.63) is 131 Å². The van der Waals surface area contributed by atoms with Gasteiger partial charge < -0.3 is 4.74 Å². The first-order chi connectivity index (χ1) is 18.5. The Labute approximate surface area is 220 Å². The maximum atomic E-state index is 14.4. The Kier molecular flexibility index (Phi) is 4.92. The number of benzene rings is 4. The molecule has 4 aromatic rings. The van der Waals surface area contributed by atoms with Crippen LogP contribution in [-0.4, -0.2) is 17.8 Å². The van der Waals surface area contributed by atoms with Crippen molar-refractivity contribution in [2.45, 2.75) is 25.2 Å². The van der Waals surface area contributed by atoms with Gasteiger partial charge >= 0.3 is 5.97 Å². The van der Waals surface area contributed by atoms with Gasteiger partial charge in [0.1, 0.15) is 0 Å². The monoisotopic (exact) mass is 499 g/mol. The molecule has 1 fully saturated rings. The molecule has 38 heavy (non-hydrogen) atoms. The minimum Gasteiger partial charge on any atom is -0.424 e. The van der Waals surface area contributed by atoms with Gasteiger partial charge in [0.05, 0.1) is 23.4 Å². The van der Waals surface area contributed by atoms with Gasteiger partial charge in [-0.2, -0.15) is 0 Å². The molecule has 1 heterocycles. The molecule has 0 radical (unpaired) electrons. The summed E-state index contributed by atoms with van der Waals surface area (Å²) in [4.78, 5) is 42.7. The summed E-state index contributed by atoms with van der Waals surface area (Å²) in [6, 6.07) is 32.5. The van der Waals surface area contributed by atoms with Gasteiger partial charge in [-0.25, -0.2) is 4.90 Å². The van der Waals surface area contributed by atoms with Crippen molar-refractivity contribution < 1.29 is 19.1 Å². The molecule has 0 spiro atoms. The number of hydrogen-bond donors (Lipinski definition) is 0. The van der Waals surface area contributed by atoms with E-state index in [1.807, 2.05) is 61.5 Å². The van der Waals surface area contributed by atoms with E-state index in [0.717, 1.165) is 27.8 Å². The largest absolute Gasteiger partial charge is 0.424 e. The van der Waals surface area contributed by atoms with Crippen LogP contribution in [0.1, 0.15) is 46.6 Å². The van der Waals surface area contributed by atoms with E-state index >= 15 is 0 Å². The standard InChI is InChI=1S/C33H25NO4/c1-33-29-23-15-7-5-13-21(23)28(22-14-6-8-16-24(22)29)30(33)31(36)34(32(33)37)25-17-9-10-18-26(25)38-27(35)19-20-11-3-2-4-12-20/h2-18,28-30H,19H2,1H3. The molecule has 2 amide bonds. The Balaban J connectivity index is 1.31. The molecular weight excluding hydrogens is 474 g/mol. The molecule has 0 N–H and O–H groups in total. The minimum absolute atomic E-state index is 0.0895. The molecule has 1 aliphatic heterocycles. The van der Waals surface area contributed by atoms with E-state index in [-0.39, 0.29) is 35.8 Å². The van der Waals surface area contributed by atoms with E-state index in [0.29, 0.717) is 5.69 Å². The number of imide groups is 1. The van der Waals surface area contributed by atoms with Crippen molar-refractivity contribution in [1.82, 2.24) is 0 Å². The summed E-state index contributed by atoms with van der Waals surface area (Å²) in [7, 11) is 0. The van der Waals surface area contributed by atoms with Crippen LogP contribution in [0.5, 0.6) is 5.75 Å². The molecule has 4 aliphatic rings. The highest BCUT2D eigenvalue weighted by Gasteiger charge is 2.69. The Hall–Kier alpha value is -4.51. The Morgan fingerprint density at radius 2 is 1.32 bits per heavy atom. The zero-order chi connectivity index (χ0) is 26.0. The SMILES string of the molecule is CC12C(=O)N(c3ccccc3OC(=O)Cc3ccccc3)C(=O)C1C1c3ccccc3C2c2ccccc21. The maximum absolute atomic E-state index is 14.4. The van der Waals surface area contributed by atoms with E-state index in [4.69, 9.17) is 4.74 Å². The average Bonchev–Trinajstić information content (AvgIpc) is 3.14. The van der Waals surface area contributed by atoms with Crippen molar-refractivity contribution in [2.75, 3.05) is 4.90 Å². The van der Waals surface area contributed by atoms with Crippen molar-refractivity contribution in [2.24, 2.45) is 11.3 Å². The highest BCUT2D eigenvalue weighted by atomic mass is 16.5. The van der Waals surface area contributed by atoms with Crippen molar-refractivity contribution in [3.63, 3.8) is 0 Å². The van der Waals surface area contributed by atoms with Crippen molar-refractivity contribution in [1.29, 1.82) is 0 Å². The smallest absolute Gasteiger partial charge is 0.315 e. The molecule has 2 atom stereocenters. The summed E-state index contributed by atoms with van der Waals surface area (Å²) in [6.45, 7) is 1.94. The summed E-state index contributed by atoms with van der Waals surface area (Å²) in [5.74, 6) is -1.74. The molecule has 5 heteroatoms. The first kappa shape index (κ1) is 22.7. The number of esters is 1. The van der Waals surface area contributed by atoms with Crippen molar-refractivity contribution in [3.8, 4) is 5.75 Å². The normalized spacial score (nSPS) is 24.6. The molecule has 3 aliphatic carbocycles. The molecule has 5 nitrogen and oxygen atoms in total. The Morgan fingerprint density at radius 3 is 1.97 bits per heavy atom. The predicted octanol–water partition coefficient (Wildman–Crippen LogP) is 5.62. The number of carbonyl (C=O) groups is 3. The van der Waals surface area contributed by atoms with Gasteiger partial charge in [-0.3, -0.25) is 14.4 Å². The minimum atomic E-state index is -0.953. The van der Waals surface area contributed by atoms with Gasteiger partial charge in [0.2, 0.25) is 11.8 Å². The van der Waals surface area contributed by atoms with Gasteiger partial charge in [-0.05, 0) is 46.9 Å². The molecule has 0 aromatic heterocycles. The highest BCUT2D eigenvalue weighted by molar-refractivity contribution is 6.25.